The minimum Gasteiger partial charge on any atom is -0.481 e. The van der Waals surface area contributed by atoms with Crippen LogP contribution < -0.4 is 0 Å². The third kappa shape index (κ3) is 4.43. The van der Waals surface area contributed by atoms with Gasteiger partial charge in [0.05, 0.1) is 6.42 Å². The molecule has 3 heteroatoms. The van der Waals surface area contributed by atoms with Crippen molar-refractivity contribution in [1.29, 1.82) is 0 Å². The van der Waals surface area contributed by atoms with Gasteiger partial charge >= 0.3 is 5.97 Å². The molecular weight excluding hydrogens is 262 g/mol. The molecule has 2 aromatic carbocycles. The van der Waals surface area contributed by atoms with Crippen molar-refractivity contribution in [3.8, 4) is 11.1 Å². The van der Waals surface area contributed by atoms with E-state index in [1.807, 2.05) is 37.2 Å². The van der Waals surface area contributed by atoms with Crippen LogP contribution in [0.15, 0.2) is 54.6 Å². The molecule has 0 spiro atoms. The van der Waals surface area contributed by atoms with Gasteiger partial charge < -0.3 is 10.0 Å². The molecule has 0 aromatic heterocycles. The molecule has 0 aliphatic carbocycles. The molecule has 0 saturated carbocycles. The molecule has 1 atom stereocenters. The van der Waals surface area contributed by atoms with Crippen LogP contribution in [0.25, 0.3) is 11.1 Å². The standard InChI is InChI=1S/C18H21NO2/c1-19(2)17(13-18(20)21)12-14-8-10-16(11-9-14)15-6-4-3-5-7-15/h3-11,17H,12-13H2,1-2H3,(H,20,21). The quantitative estimate of drug-likeness (QED) is 0.884. The van der Waals surface area contributed by atoms with Crippen LogP contribution in [-0.2, 0) is 11.2 Å². The summed E-state index contributed by atoms with van der Waals surface area (Å²) in [5.41, 5.74) is 3.53. The first-order valence-corrected chi connectivity index (χ1v) is 7.09. The zero-order valence-electron chi connectivity index (χ0n) is 12.5. The molecule has 2 rings (SSSR count). The molecule has 0 bridgehead atoms. The molecule has 1 N–H and O–H groups in total. The lowest BCUT2D eigenvalue weighted by Crippen LogP contribution is -2.32. The molecule has 3 nitrogen and oxygen atoms in total. The lowest BCUT2D eigenvalue weighted by atomic mass is 9.99. The van der Waals surface area contributed by atoms with Crippen LogP contribution in [0.5, 0.6) is 0 Å². The Morgan fingerprint density at radius 3 is 2.10 bits per heavy atom. The second-order valence-electron chi connectivity index (χ2n) is 5.48. The number of aliphatic carboxylic acids is 1. The maximum Gasteiger partial charge on any atom is 0.304 e. The number of hydrogen-bond donors (Lipinski definition) is 1. The topological polar surface area (TPSA) is 40.5 Å². The van der Waals surface area contributed by atoms with E-state index in [0.717, 1.165) is 12.0 Å². The van der Waals surface area contributed by atoms with Crippen LogP contribution in [0.1, 0.15) is 12.0 Å². The lowest BCUT2D eigenvalue weighted by molar-refractivity contribution is -0.138. The molecule has 0 aliphatic heterocycles. The van der Waals surface area contributed by atoms with Crippen molar-refractivity contribution < 1.29 is 9.90 Å². The predicted molar refractivity (Wildman–Crippen MR) is 85.3 cm³/mol. The second-order valence-corrected chi connectivity index (χ2v) is 5.48. The number of likely N-dealkylation sites (N-methyl/N-ethyl adjacent to an activating group) is 1. The van der Waals surface area contributed by atoms with Crippen molar-refractivity contribution in [2.75, 3.05) is 14.1 Å². The highest BCUT2D eigenvalue weighted by atomic mass is 16.4. The Morgan fingerprint density at radius 2 is 1.57 bits per heavy atom. The predicted octanol–water partition coefficient (Wildman–Crippen LogP) is 3.30. The maximum atomic E-state index is 10.9. The zero-order valence-corrected chi connectivity index (χ0v) is 12.5. The largest absolute Gasteiger partial charge is 0.481 e. The number of hydrogen-bond acceptors (Lipinski definition) is 2. The highest BCUT2D eigenvalue weighted by Gasteiger charge is 2.16. The van der Waals surface area contributed by atoms with Crippen LogP contribution >= 0.6 is 0 Å². The number of rotatable bonds is 6. The number of carboxylic acid groups (broad SMARTS) is 1. The van der Waals surface area contributed by atoms with Gasteiger partial charge in [0.25, 0.3) is 0 Å². The molecule has 110 valence electrons. The summed E-state index contributed by atoms with van der Waals surface area (Å²) in [6.45, 7) is 0. The van der Waals surface area contributed by atoms with E-state index in [4.69, 9.17) is 5.11 Å². The summed E-state index contributed by atoms with van der Waals surface area (Å²) in [4.78, 5) is 12.9. The Kier molecular flexibility index (Phi) is 5.12. The summed E-state index contributed by atoms with van der Waals surface area (Å²) >= 11 is 0. The Bertz CT molecular complexity index is 576. The highest BCUT2D eigenvalue weighted by molar-refractivity contribution is 5.67. The first kappa shape index (κ1) is 15.3. The van der Waals surface area contributed by atoms with Crippen molar-refractivity contribution in [3.63, 3.8) is 0 Å². The molecule has 2 aromatic rings. The van der Waals surface area contributed by atoms with Crippen LogP contribution in [0.2, 0.25) is 0 Å². The molecular formula is C18H21NO2. The van der Waals surface area contributed by atoms with Crippen molar-refractivity contribution in [1.82, 2.24) is 4.90 Å². The van der Waals surface area contributed by atoms with E-state index in [1.165, 1.54) is 11.1 Å². The highest BCUT2D eigenvalue weighted by Crippen LogP contribution is 2.20. The SMILES string of the molecule is CN(C)C(CC(=O)O)Cc1ccc(-c2ccccc2)cc1. The normalized spacial score (nSPS) is 12.3. The van der Waals surface area contributed by atoms with Gasteiger partial charge in [-0.15, -0.1) is 0 Å². The summed E-state index contributed by atoms with van der Waals surface area (Å²) in [6, 6.07) is 18.6. The monoisotopic (exact) mass is 283 g/mol. The molecule has 0 radical (unpaired) electrons. The van der Waals surface area contributed by atoms with E-state index in [9.17, 15) is 4.79 Å². The van der Waals surface area contributed by atoms with E-state index < -0.39 is 5.97 Å². The van der Waals surface area contributed by atoms with Crippen molar-refractivity contribution in [2.24, 2.45) is 0 Å². The first-order valence-electron chi connectivity index (χ1n) is 7.09. The number of benzene rings is 2. The molecule has 0 saturated heterocycles. The van der Waals surface area contributed by atoms with Gasteiger partial charge in [0.1, 0.15) is 0 Å². The van der Waals surface area contributed by atoms with Crippen LogP contribution in [0.4, 0.5) is 0 Å². The second kappa shape index (κ2) is 7.04. The molecule has 0 aliphatic rings. The van der Waals surface area contributed by atoms with Gasteiger partial charge in [0.2, 0.25) is 0 Å². The third-order valence-electron chi connectivity index (χ3n) is 3.67. The third-order valence-corrected chi connectivity index (χ3v) is 3.67. The lowest BCUT2D eigenvalue weighted by Gasteiger charge is -2.22. The first-order chi connectivity index (χ1) is 10.1. The van der Waals surface area contributed by atoms with Gasteiger partial charge in [-0.2, -0.15) is 0 Å². The van der Waals surface area contributed by atoms with Crippen molar-refractivity contribution in [2.45, 2.75) is 18.9 Å². The average molecular weight is 283 g/mol. The van der Waals surface area contributed by atoms with Crippen LogP contribution in [0, 0.1) is 0 Å². The average Bonchev–Trinajstić information content (AvgIpc) is 2.48. The van der Waals surface area contributed by atoms with Gasteiger partial charge in [-0.3, -0.25) is 4.79 Å². The van der Waals surface area contributed by atoms with E-state index in [-0.39, 0.29) is 12.5 Å². The van der Waals surface area contributed by atoms with Gasteiger partial charge in [-0.1, -0.05) is 54.6 Å². The zero-order chi connectivity index (χ0) is 15.2. The van der Waals surface area contributed by atoms with E-state index >= 15 is 0 Å². The number of nitrogens with zero attached hydrogens (tertiary/aromatic N) is 1. The van der Waals surface area contributed by atoms with E-state index in [2.05, 4.69) is 36.4 Å². The Morgan fingerprint density at radius 1 is 1.00 bits per heavy atom. The smallest absolute Gasteiger partial charge is 0.304 e. The van der Waals surface area contributed by atoms with Crippen molar-refractivity contribution >= 4 is 5.97 Å². The van der Waals surface area contributed by atoms with Gasteiger partial charge in [-0.25, -0.2) is 0 Å². The van der Waals surface area contributed by atoms with E-state index in [0.29, 0.717) is 0 Å². The summed E-state index contributed by atoms with van der Waals surface area (Å²) in [6.07, 6.45) is 0.905. The number of carboxylic acids is 1. The summed E-state index contributed by atoms with van der Waals surface area (Å²) < 4.78 is 0. The van der Waals surface area contributed by atoms with Gasteiger partial charge in [0, 0.05) is 6.04 Å². The van der Waals surface area contributed by atoms with E-state index in [1.54, 1.807) is 0 Å². The Hall–Kier alpha value is -2.13. The minimum absolute atomic E-state index is 0.0186. The molecule has 0 amide bonds. The minimum atomic E-state index is -0.755. The summed E-state index contributed by atoms with van der Waals surface area (Å²) in [7, 11) is 3.85. The van der Waals surface area contributed by atoms with Gasteiger partial charge in [0.15, 0.2) is 0 Å². The van der Waals surface area contributed by atoms with Crippen LogP contribution in [-0.4, -0.2) is 36.1 Å². The molecule has 1 unspecified atom stereocenters. The maximum absolute atomic E-state index is 10.9. The Labute approximate surface area is 125 Å². The fourth-order valence-corrected chi connectivity index (χ4v) is 2.37. The molecule has 0 fully saturated rings. The van der Waals surface area contributed by atoms with Crippen molar-refractivity contribution in [3.05, 3.63) is 60.2 Å². The number of carbonyl (C=O) groups is 1. The molecule has 21 heavy (non-hydrogen) atoms. The summed E-state index contributed by atoms with van der Waals surface area (Å²) in [5.74, 6) is -0.755. The Balaban J connectivity index is 2.10. The summed E-state index contributed by atoms with van der Waals surface area (Å²) in [5, 5.41) is 8.98. The van der Waals surface area contributed by atoms with Crippen LogP contribution in [0.3, 0.4) is 0 Å². The van der Waals surface area contributed by atoms with Gasteiger partial charge in [-0.05, 0) is 37.2 Å². The fraction of sp³-hybridized carbons (Fsp3) is 0.278. The fourth-order valence-electron chi connectivity index (χ4n) is 2.37. The molecule has 0 heterocycles.